The van der Waals surface area contributed by atoms with Gasteiger partial charge in [-0.1, -0.05) is 24.3 Å². The highest BCUT2D eigenvalue weighted by Crippen LogP contribution is 2.43. The van der Waals surface area contributed by atoms with E-state index in [1.54, 1.807) is 49.9 Å². The molecule has 37 heavy (non-hydrogen) atoms. The molecule has 3 aromatic carbocycles. The van der Waals surface area contributed by atoms with E-state index < -0.39 is 17.2 Å². The van der Waals surface area contributed by atoms with Gasteiger partial charge in [0.15, 0.2) is 0 Å². The van der Waals surface area contributed by atoms with Crippen LogP contribution in [-0.2, 0) is 0 Å². The quantitative estimate of drug-likeness (QED) is 0.210. The van der Waals surface area contributed by atoms with E-state index in [-0.39, 0.29) is 33.8 Å². The van der Waals surface area contributed by atoms with Gasteiger partial charge in [0, 0.05) is 4.90 Å². The van der Waals surface area contributed by atoms with Crippen molar-refractivity contribution in [2.24, 2.45) is 0 Å². The lowest BCUT2D eigenvalue weighted by molar-refractivity contribution is 0.441. The van der Waals surface area contributed by atoms with Crippen LogP contribution in [0.4, 0.5) is 0 Å². The van der Waals surface area contributed by atoms with Crippen LogP contribution in [-0.4, -0.2) is 16.5 Å². The van der Waals surface area contributed by atoms with Crippen LogP contribution < -0.4 is 11.3 Å². The number of thioether (sulfide) groups is 1. The predicted octanol–water partition coefficient (Wildman–Crippen LogP) is 6.45. The molecule has 0 saturated carbocycles. The van der Waals surface area contributed by atoms with E-state index in [1.807, 2.05) is 44.4 Å². The van der Waals surface area contributed by atoms with Crippen molar-refractivity contribution < 1.29 is 19.0 Å². The Morgan fingerprint density at radius 3 is 1.54 bits per heavy atom. The lowest BCUT2D eigenvalue weighted by atomic mass is 9.84. The highest BCUT2D eigenvalue weighted by Gasteiger charge is 2.33. The van der Waals surface area contributed by atoms with Crippen molar-refractivity contribution in [1.29, 1.82) is 0 Å². The van der Waals surface area contributed by atoms with Gasteiger partial charge in [0.05, 0.1) is 27.8 Å². The maximum atomic E-state index is 13.5. The van der Waals surface area contributed by atoms with Crippen molar-refractivity contribution in [3.63, 3.8) is 0 Å². The van der Waals surface area contributed by atoms with Gasteiger partial charge in [0.1, 0.15) is 22.7 Å². The van der Waals surface area contributed by atoms with Crippen molar-refractivity contribution in [2.75, 3.05) is 6.26 Å². The fraction of sp³-hybridized carbons (Fsp3) is 0.200. The van der Waals surface area contributed by atoms with Crippen molar-refractivity contribution in [3.8, 4) is 11.5 Å². The number of rotatable bonds is 4. The molecule has 0 amide bonds. The van der Waals surface area contributed by atoms with E-state index >= 15 is 0 Å². The average molecular weight is 515 g/mol. The number of hydrogen-bond acceptors (Lipinski definition) is 7. The van der Waals surface area contributed by atoms with Gasteiger partial charge in [-0.25, -0.2) is 9.59 Å². The summed E-state index contributed by atoms with van der Waals surface area (Å²) >= 11 is 1.54. The first-order valence-corrected chi connectivity index (χ1v) is 13.0. The zero-order valence-corrected chi connectivity index (χ0v) is 21.9. The monoisotopic (exact) mass is 514 g/mol. The third-order valence-corrected chi connectivity index (χ3v) is 7.46. The van der Waals surface area contributed by atoms with E-state index in [0.717, 1.165) is 16.0 Å². The third-order valence-electron chi connectivity index (χ3n) is 6.71. The van der Waals surface area contributed by atoms with Crippen LogP contribution in [0, 0.1) is 27.7 Å². The van der Waals surface area contributed by atoms with Crippen LogP contribution in [0.1, 0.15) is 44.9 Å². The van der Waals surface area contributed by atoms with E-state index in [4.69, 9.17) is 8.83 Å². The second kappa shape index (κ2) is 9.16. The molecule has 6 nitrogen and oxygen atoms in total. The molecule has 2 aromatic heterocycles. The smallest absolute Gasteiger partial charge is 0.344 e. The van der Waals surface area contributed by atoms with Gasteiger partial charge >= 0.3 is 11.3 Å². The van der Waals surface area contributed by atoms with Crippen LogP contribution in [0.3, 0.4) is 0 Å². The van der Waals surface area contributed by atoms with Crippen molar-refractivity contribution >= 4 is 33.7 Å². The predicted molar refractivity (Wildman–Crippen MR) is 146 cm³/mol. The number of aromatic hydroxyl groups is 2. The number of benzene rings is 3. The van der Waals surface area contributed by atoms with E-state index in [9.17, 15) is 19.8 Å². The molecule has 2 heterocycles. The molecule has 0 spiro atoms. The molecule has 0 aliphatic rings. The van der Waals surface area contributed by atoms with Crippen molar-refractivity contribution in [1.82, 2.24) is 0 Å². The minimum atomic E-state index is -1.14. The van der Waals surface area contributed by atoms with Crippen LogP contribution in [0.5, 0.6) is 11.5 Å². The third kappa shape index (κ3) is 4.09. The molecule has 0 aliphatic carbocycles. The highest BCUT2D eigenvalue weighted by molar-refractivity contribution is 7.98. The molecule has 5 rings (SSSR count). The number of hydrogen-bond donors (Lipinski definition) is 2. The van der Waals surface area contributed by atoms with Crippen molar-refractivity contribution in [2.45, 2.75) is 38.5 Å². The van der Waals surface area contributed by atoms with E-state index in [1.165, 1.54) is 0 Å². The van der Waals surface area contributed by atoms with Crippen LogP contribution >= 0.6 is 11.8 Å². The number of aryl methyl sites for hydroxylation is 4. The fourth-order valence-corrected chi connectivity index (χ4v) is 5.50. The topological polar surface area (TPSA) is 101 Å². The maximum absolute atomic E-state index is 13.5. The van der Waals surface area contributed by atoms with Gasteiger partial charge in [-0.15, -0.1) is 11.8 Å². The molecule has 0 bridgehead atoms. The second-order valence-electron chi connectivity index (χ2n) is 9.43. The summed E-state index contributed by atoms with van der Waals surface area (Å²) in [6, 6.07) is 14.4. The van der Waals surface area contributed by atoms with Crippen LogP contribution in [0.15, 0.2) is 71.8 Å². The Hall–Kier alpha value is -3.97. The molecule has 0 aliphatic heterocycles. The molecule has 0 saturated heterocycles. The molecule has 5 aromatic rings. The van der Waals surface area contributed by atoms with E-state index in [0.29, 0.717) is 27.5 Å². The largest absolute Gasteiger partial charge is 0.507 e. The van der Waals surface area contributed by atoms with Crippen molar-refractivity contribution in [3.05, 3.63) is 108 Å². The van der Waals surface area contributed by atoms with Gasteiger partial charge in [0.2, 0.25) is 0 Å². The summed E-state index contributed by atoms with van der Waals surface area (Å²) in [5.74, 6) is -1.73. The fourth-order valence-electron chi connectivity index (χ4n) is 5.09. The van der Waals surface area contributed by atoms with Gasteiger partial charge in [-0.05, 0) is 86.0 Å². The summed E-state index contributed by atoms with van der Waals surface area (Å²) in [4.78, 5) is 27.9. The Morgan fingerprint density at radius 1 is 0.703 bits per heavy atom. The summed E-state index contributed by atoms with van der Waals surface area (Å²) in [7, 11) is 0. The zero-order chi connectivity index (χ0) is 26.6. The first-order chi connectivity index (χ1) is 17.6. The number of fused-ring (bicyclic) bond motifs is 2. The van der Waals surface area contributed by atoms with Gasteiger partial charge in [-0.2, -0.15) is 0 Å². The molecule has 2 N–H and O–H groups in total. The lowest BCUT2D eigenvalue weighted by Gasteiger charge is -2.20. The second-order valence-corrected chi connectivity index (χ2v) is 10.3. The molecule has 0 radical (unpaired) electrons. The molecular weight excluding hydrogens is 488 g/mol. The zero-order valence-electron chi connectivity index (χ0n) is 21.1. The summed E-state index contributed by atoms with van der Waals surface area (Å²) in [5, 5.41) is 23.7. The Kier molecular flexibility index (Phi) is 6.12. The molecule has 7 heteroatoms. The minimum Gasteiger partial charge on any atom is -0.507 e. The summed E-state index contributed by atoms with van der Waals surface area (Å²) in [6.45, 7) is 7.35. The SMILES string of the molecule is CSc1ccc(C(c2c(O)c3cc(C)cc(C)c3oc2=O)c2c(O)c3cc(C)cc(C)c3oc2=O)cc1. The Labute approximate surface area is 217 Å². The summed E-state index contributed by atoms with van der Waals surface area (Å²) < 4.78 is 11.4. The van der Waals surface area contributed by atoms with Gasteiger partial charge in [0.25, 0.3) is 0 Å². The molecule has 0 atom stereocenters. The lowest BCUT2D eigenvalue weighted by Crippen LogP contribution is -2.21. The maximum Gasteiger partial charge on any atom is 0.344 e. The van der Waals surface area contributed by atoms with E-state index in [2.05, 4.69) is 0 Å². The first kappa shape index (κ1) is 24.7. The van der Waals surface area contributed by atoms with Crippen LogP contribution in [0.2, 0.25) is 0 Å². The first-order valence-electron chi connectivity index (χ1n) is 11.8. The standard InChI is InChI=1S/C30H26O6S/c1-14-10-16(3)27-20(12-14)25(31)23(29(33)35-27)22(18-6-8-19(37-5)9-7-18)24-26(32)21-13-15(2)11-17(4)28(21)36-30(24)34/h6-13,22,31-32H,1-5H3. The Bertz CT molecular complexity index is 1700. The van der Waals surface area contributed by atoms with Gasteiger partial charge < -0.3 is 19.0 Å². The normalized spacial score (nSPS) is 11.6. The molecule has 0 fully saturated rings. The minimum absolute atomic E-state index is 0.138. The van der Waals surface area contributed by atoms with Gasteiger partial charge in [-0.3, -0.25) is 0 Å². The summed E-state index contributed by atoms with van der Waals surface area (Å²) in [5.41, 5.74) is 2.36. The highest BCUT2D eigenvalue weighted by atomic mass is 32.2. The van der Waals surface area contributed by atoms with Crippen LogP contribution in [0.25, 0.3) is 21.9 Å². The molecule has 188 valence electrons. The molecular formula is C30H26O6S. The Balaban J connectivity index is 1.92. The average Bonchev–Trinajstić information content (AvgIpc) is 2.85. The molecule has 0 unspecified atom stereocenters. The Morgan fingerprint density at radius 2 is 1.14 bits per heavy atom. The summed E-state index contributed by atoms with van der Waals surface area (Å²) in [6.07, 6.45) is 1.94.